The summed E-state index contributed by atoms with van der Waals surface area (Å²) in [5.74, 6) is 0.0321. The normalized spacial score (nSPS) is 14.1. The third kappa shape index (κ3) is 3.33. The summed E-state index contributed by atoms with van der Waals surface area (Å²) in [6, 6.07) is 1.40. The van der Waals surface area contributed by atoms with Crippen LogP contribution in [0.4, 0.5) is 0 Å². The highest BCUT2D eigenvalue weighted by Gasteiger charge is 2.23. The van der Waals surface area contributed by atoms with Crippen LogP contribution in [0.5, 0.6) is 0 Å². The fourth-order valence-electron chi connectivity index (χ4n) is 1.88. The van der Waals surface area contributed by atoms with Gasteiger partial charge < -0.3 is 4.74 Å². The number of hydrogen-bond donors (Lipinski definition) is 1. The fraction of sp³-hybridized carbons (Fsp3) is 0.462. The van der Waals surface area contributed by atoms with Crippen molar-refractivity contribution in [2.45, 2.75) is 32.9 Å². The van der Waals surface area contributed by atoms with Crippen LogP contribution in [0.3, 0.4) is 0 Å². The number of carbonyl (C=O) groups excluding carboxylic acids is 1. The van der Waals surface area contributed by atoms with Crippen molar-refractivity contribution in [2.75, 3.05) is 0 Å². The minimum absolute atomic E-state index is 0.138. The molecule has 1 N–H and O–H groups in total. The second-order valence-electron chi connectivity index (χ2n) is 5.21. The van der Waals surface area contributed by atoms with Crippen LogP contribution in [0.15, 0.2) is 17.1 Å². The molecule has 8 nitrogen and oxygen atoms in total. The molecule has 1 aliphatic carbocycles. The lowest BCUT2D eigenvalue weighted by molar-refractivity contribution is 0.0458. The van der Waals surface area contributed by atoms with Gasteiger partial charge in [0.05, 0.1) is 6.20 Å². The number of rotatable bonds is 5. The zero-order valence-electron chi connectivity index (χ0n) is 11.6. The molecule has 0 spiro atoms. The number of carbonyl (C=O) groups is 1. The van der Waals surface area contributed by atoms with Crippen molar-refractivity contribution >= 4 is 5.97 Å². The number of esters is 1. The predicted octanol–water partition coefficient (Wildman–Crippen LogP) is 0.437. The van der Waals surface area contributed by atoms with Gasteiger partial charge in [0.15, 0.2) is 5.69 Å². The summed E-state index contributed by atoms with van der Waals surface area (Å²) in [7, 11) is 0. The van der Waals surface area contributed by atoms with Crippen LogP contribution in [0.1, 0.15) is 34.7 Å². The first-order chi connectivity index (χ1) is 10.1. The second kappa shape index (κ2) is 5.47. The average molecular weight is 289 g/mol. The van der Waals surface area contributed by atoms with E-state index >= 15 is 0 Å². The van der Waals surface area contributed by atoms with Gasteiger partial charge in [-0.1, -0.05) is 5.21 Å². The van der Waals surface area contributed by atoms with Crippen molar-refractivity contribution in [2.24, 2.45) is 5.92 Å². The molecule has 2 heterocycles. The van der Waals surface area contributed by atoms with Crippen molar-refractivity contribution in [3.63, 3.8) is 0 Å². The van der Waals surface area contributed by atoms with E-state index in [4.69, 9.17) is 4.74 Å². The Morgan fingerprint density at radius 3 is 3.05 bits per heavy atom. The molecule has 0 bridgehead atoms. The monoisotopic (exact) mass is 289 g/mol. The molecule has 0 saturated heterocycles. The van der Waals surface area contributed by atoms with Gasteiger partial charge >= 0.3 is 5.97 Å². The first-order valence-electron chi connectivity index (χ1n) is 6.74. The van der Waals surface area contributed by atoms with Crippen molar-refractivity contribution in [3.05, 3.63) is 39.6 Å². The van der Waals surface area contributed by atoms with Crippen molar-refractivity contribution in [1.82, 2.24) is 25.2 Å². The molecule has 1 saturated carbocycles. The van der Waals surface area contributed by atoms with Gasteiger partial charge in [-0.2, -0.15) is 5.10 Å². The third-order valence-corrected chi connectivity index (χ3v) is 3.23. The molecule has 8 heteroatoms. The Morgan fingerprint density at radius 2 is 2.33 bits per heavy atom. The van der Waals surface area contributed by atoms with Gasteiger partial charge in [0.25, 0.3) is 0 Å². The molecule has 0 aromatic carbocycles. The number of nitrogens with one attached hydrogen (secondary N) is 1. The van der Waals surface area contributed by atoms with Gasteiger partial charge in [0, 0.05) is 18.3 Å². The molecule has 21 heavy (non-hydrogen) atoms. The number of aromatic amines is 1. The minimum atomic E-state index is -0.612. The fourth-order valence-corrected chi connectivity index (χ4v) is 1.88. The van der Waals surface area contributed by atoms with Crippen LogP contribution in [-0.2, 0) is 17.9 Å². The minimum Gasteiger partial charge on any atom is -0.454 e. The maximum Gasteiger partial charge on any atom is 0.360 e. The lowest BCUT2D eigenvalue weighted by atomic mass is 10.3. The molecule has 0 amide bonds. The largest absolute Gasteiger partial charge is 0.454 e. The highest BCUT2D eigenvalue weighted by Crippen LogP contribution is 2.30. The van der Waals surface area contributed by atoms with Crippen molar-refractivity contribution in [3.8, 4) is 0 Å². The average Bonchev–Trinajstić information content (AvgIpc) is 3.13. The summed E-state index contributed by atoms with van der Waals surface area (Å²) in [5, 5.41) is 14.2. The van der Waals surface area contributed by atoms with Gasteiger partial charge in [-0.25, -0.2) is 4.79 Å². The number of H-pyrrole nitrogens is 1. The molecule has 0 aliphatic heterocycles. The van der Waals surface area contributed by atoms with Gasteiger partial charge in [-0.15, -0.1) is 5.10 Å². The highest BCUT2D eigenvalue weighted by atomic mass is 16.5. The molecule has 0 atom stereocenters. The summed E-state index contributed by atoms with van der Waals surface area (Å²) < 4.78 is 6.68. The molecule has 2 aromatic heterocycles. The molecule has 1 aliphatic rings. The smallest absolute Gasteiger partial charge is 0.360 e. The zero-order chi connectivity index (χ0) is 14.8. The summed E-state index contributed by atoms with van der Waals surface area (Å²) in [5.41, 5.74) is 0.674. The third-order valence-electron chi connectivity index (χ3n) is 3.23. The maximum absolute atomic E-state index is 11.8. The van der Waals surface area contributed by atoms with Crippen molar-refractivity contribution in [1.29, 1.82) is 0 Å². The van der Waals surface area contributed by atoms with Crippen LogP contribution >= 0.6 is 0 Å². The molecule has 2 aromatic rings. The van der Waals surface area contributed by atoms with E-state index in [2.05, 4.69) is 20.5 Å². The summed E-state index contributed by atoms with van der Waals surface area (Å²) in [6.45, 7) is 2.31. The highest BCUT2D eigenvalue weighted by molar-refractivity contribution is 5.86. The van der Waals surface area contributed by atoms with Gasteiger partial charge in [0.2, 0.25) is 5.43 Å². The van der Waals surface area contributed by atoms with Crippen LogP contribution in [0.2, 0.25) is 0 Å². The number of aryl methyl sites for hydroxylation is 1. The number of aromatic nitrogens is 5. The van der Waals surface area contributed by atoms with Crippen LogP contribution in [0.25, 0.3) is 0 Å². The predicted molar refractivity (Wildman–Crippen MR) is 71.5 cm³/mol. The first kappa shape index (κ1) is 13.5. The lowest BCUT2D eigenvalue weighted by Gasteiger charge is -2.01. The van der Waals surface area contributed by atoms with E-state index in [1.807, 2.05) is 0 Å². The van der Waals surface area contributed by atoms with E-state index in [0.717, 1.165) is 6.54 Å². The van der Waals surface area contributed by atoms with Gasteiger partial charge in [-0.3, -0.25) is 14.6 Å². The maximum atomic E-state index is 11.8. The number of ether oxygens (including phenoxy) is 1. The summed E-state index contributed by atoms with van der Waals surface area (Å²) in [6.07, 6.45) is 3.95. The summed E-state index contributed by atoms with van der Waals surface area (Å²) in [4.78, 5) is 23.4. The van der Waals surface area contributed by atoms with E-state index in [1.165, 1.54) is 18.9 Å². The van der Waals surface area contributed by atoms with E-state index < -0.39 is 5.97 Å². The molecular weight excluding hydrogens is 274 g/mol. The van der Waals surface area contributed by atoms with Crippen LogP contribution in [0, 0.1) is 12.8 Å². The molecular formula is C13H15N5O3. The standard InChI is InChI=1S/C13H15N5O3/c1-8-4-12(19)11(15-14-8)7-21-13(20)10-6-18(17-16-10)5-9-2-3-9/h4,6,9H,2-3,5,7H2,1H3,(H,14,19). The van der Waals surface area contributed by atoms with E-state index in [9.17, 15) is 9.59 Å². The lowest BCUT2D eigenvalue weighted by Crippen LogP contribution is -2.16. The Balaban J connectivity index is 1.60. The van der Waals surface area contributed by atoms with Crippen LogP contribution in [-0.4, -0.2) is 31.2 Å². The van der Waals surface area contributed by atoms with Crippen LogP contribution < -0.4 is 5.43 Å². The van der Waals surface area contributed by atoms with E-state index in [-0.39, 0.29) is 23.4 Å². The number of hydrogen-bond acceptors (Lipinski definition) is 6. The Kier molecular flexibility index (Phi) is 3.51. The second-order valence-corrected chi connectivity index (χ2v) is 5.21. The first-order valence-corrected chi connectivity index (χ1v) is 6.74. The summed E-state index contributed by atoms with van der Waals surface area (Å²) >= 11 is 0. The topological polar surface area (TPSA) is 103 Å². The Labute approximate surface area is 120 Å². The quantitative estimate of drug-likeness (QED) is 0.801. The molecule has 110 valence electrons. The number of nitrogens with zero attached hydrogens (tertiary/aromatic N) is 4. The van der Waals surface area contributed by atoms with E-state index in [0.29, 0.717) is 11.6 Å². The SMILES string of the molecule is Cc1cc(=O)c(COC(=O)c2cn(CC3CC3)nn2)n[nH]1. The zero-order valence-corrected chi connectivity index (χ0v) is 11.6. The van der Waals surface area contributed by atoms with E-state index in [1.54, 1.807) is 17.8 Å². The van der Waals surface area contributed by atoms with Gasteiger partial charge in [0.1, 0.15) is 12.3 Å². The van der Waals surface area contributed by atoms with Gasteiger partial charge in [-0.05, 0) is 25.7 Å². The van der Waals surface area contributed by atoms with Crippen molar-refractivity contribution < 1.29 is 9.53 Å². The molecule has 0 radical (unpaired) electrons. The molecule has 0 unspecified atom stereocenters. The molecule has 3 rings (SSSR count). The Bertz CT molecular complexity index is 717. The molecule has 1 fully saturated rings. The Hall–Kier alpha value is -2.51. The Morgan fingerprint density at radius 1 is 1.52 bits per heavy atom.